The SMILES string of the molecule is O=C(Nc1ccccc1C(=O)O)c1ccc(Oc2ccc(C(=O)Nc3ccccc3C(=O)O)cc2)cc1. The Morgan fingerprint density at radius 2 is 0.865 bits per heavy atom. The Morgan fingerprint density at radius 1 is 0.514 bits per heavy atom. The molecule has 4 N–H and O–H groups in total. The van der Waals surface area contributed by atoms with Crippen molar-refractivity contribution in [2.45, 2.75) is 0 Å². The fourth-order valence-corrected chi connectivity index (χ4v) is 3.43. The number of carboxylic acids is 2. The van der Waals surface area contributed by atoms with E-state index >= 15 is 0 Å². The largest absolute Gasteiger partial charge is 0.478 e. The number of hydrogen-bond acceptors (Lipinski definition) is 5. The molecule has 0 fully saturated rings. The third kappa shape index (κ3) is 5.98. The highest BCUT2D eigenvalue weighted by atomic mass is 16.5. The van der Waals surface area contributed by atoms with Crippen LogP contribution in [0.2, 0.25) is 0 Å². The smallest absolute Gasteiger partial charge is 0.337 e. The highest BCUT2D eigenvalue weighted by Crippen LogP contribution is 2.24. The topological polar surface area (TPSA) is 142 Å². The molecule has 9 heteroatoms. The second kappa shape index (κ2) is 10.9. The summed E-state index contributed by atoms with van der Waals surface area (Å²) in [6.07, 6.45) is 0. The van der Waals surface area contributed by atoms with E-state index in [0.29, 0.717) is 22.6 Å². The Morgan fingerprint density at radius 3 is 1.22 bits per heavy atom. The van der Waals surface area contributed by atoms with Crippen molar-refractivity contribution in [1.82, 2.24) is 0 Å². The van der Waals surface area contributed by atoms with Crippen molar-refractivity contribution in [2.75, 3.05) is 10.6 Å². The second-order valence-electron chi connectivity index (χ2n) is 7.76. The quantitative estimate of drug-likeness (QED) is 0.256. The van der Waals surface area contributed by atoms with Gasteiger partial charge in [0.25, 0.3) is 11.8 Å². The lowest BCUT2D eigenvalue weighted by molar-refractivity contribution is 0.0687. The minimum atomic E-state index is -1.15. The number of carbonyl (C=O) groups excluding carboxylic acids is 2. The predicted octanol–water partition coefficient (Wildman–Crippen LogP) is 5.38. The number of nitrogens with one attached hydrogen (secondary N) is 2. The summed E-state index contributed by atoms with van der Waals surface area (Å²) in [6.45, 7) is 0. The van der Waals surface area contributed by atoms with Gasteiger partial charge in [0, 0.05) is 11.1 Å². The van der Waals surface area contributed by atoms with Crippen LogP contribution in [0.1, 0.15) is 41.4 Å². The van der Waals surface area contributed by atoms with Crippen molar-refractivity contribution in [3.63, 3.8) is 0 Å². The lowest BCUT2D eigenvalue weighted by Crippen LogP contribution is -2.14. The fourth-order valence-electron chi connectivity index (χ4n) is 3.43. The van der Waals surface area contributed by atoms with Crippen molar-refractivity contribution < 1.29 is 34.1 Å². The van der Waals surface area contributed by atoms with E-state index in [0.717, 1.165) is 0 Å². The molecule has 0 bridgehead atoms. The van der Waals surface area contributed by atoms with Gasteiger partial charge in [-0.25, -0.2) is 9.59 Å². The Kier molecular flexibility index (Phi) is 7.25. The lowest BCUT2D eigenvalue weighted by atomic mass is 10.1. The molecule has 2 amide bonds. The molecule has 0 atom stereocenters. The Hall–Kier alpha value is -5.44. The van der Waals surface area contributed by atoms with E-state index < -0.39 is 23.8 Å². The first-order valence-electron chi connectivity index (χ1n) is 11.0. The monoisotopic (exact) mass is 496 g/mol. The maximum absolute atomic E-state index is 12.5. The maximum Gasteiger partial charge on any atom is 0.337 e. The molecule has 0 aromatic heterocycles. The zero-order chi connectivity index (χ0) is 26.4. The molecule has 0 aliphatic carbocycles. The van der Waals surface area contributed by atoms with Crippen molar-refractivity contribution in [3.05, 3.63) is 119 Å². The van der Waals surface area contributed by atoms with E-state index in [-0.39, 0.29) is 22.5 Å². The number of carboxylic acid groups (broad SMARTS) is 2. The number of para-hydroxylation sites is 2. The molecule has 0 aliphatic heterocycles. The minimum Gasteiger partial charge on any atom is -0.478 e. The van der Waals surface area contributed by atoms with Crippen LogP contribution in [0.5, 0.6) is 11.5 Å². The van der Waals surface area contributed by atoms with Gasteiger partial charge in [-0.15, -0.1) is 0 Å². The molecular formula is C28H20N2O7. The summed E-state index contributed by atoms with van der Waals surface area (Å²) in [5, 5.41) is 23.7. The molecule has 4 rings (SSSR count). The summed E-state index contributed by atoms with van der Waals surface area (Å²) in [6, 6.07) is 24.7. The predicted molar refractivity (Wildman–Crippen MR) is 136 cm³/mol. The standard InChI is InChI=1S/C28H20N2O7/c31-25(29-23-7-3-1-5-21(23)27(33)34)17-9-13-19(14-10-17)37-20-15-11-18(12-16-20)26(32)30-24-8-4-2-6-22(24)28(35)36/h1-16H,(H,29,31)(H,30,32)(H,33,34)(H,35,36). The first-order chi connectivity index (χ1) is 17.8. The van der Waals surface area contributed by atoms with Crippen molar-refractivity contribution in [1.29, 1.82) is 0 Å². The lowest BCUT2D eigenvalue weighted by Gasteiger charge is -2.10. The number of benzene rings is 4. The van der Waals surface area contributed by atoms with Crippen molar-refractivity contribution >= 4 is 35.1 Å². The van der Waals surface area contributed by atoms with Gasteiger partial charge in [0.05, 0.1) is 22.5 Å². The minimum absolute atomic E-state index is 0.0148. The number of carbonyl (C=O) groups is 4. The van der Waals surface area contributed by atoms with Gasteiger partial charge in [-0.1, -0.05) is 24.3 Å². The molecule has 37 heavy (non-hydrogen) atoms. The van der Waals surface area contributed by atoms with Gasteiger partial charge in [0.1, 0.15) is 11.5 Å². The third-order valence-corrected chi connectivity index (χ3v) is 5.28. The van der Waals surface area contributed by atoms with Gasteiger partial charge in [-0.05, 0) is 72.8 Å². The summed E-state index contributed by atoms with van der Waals surface area (Å²) < 4.78 is 5.77. The maximum atomic E-state index is 12.5. The molecule has 0 unspecified atom stereocenters. The van der Waals surface area contributed by atoms with E-state index in [9.17, 15) is 29.4 Å². The number of ether oxygens (including phenoxy) is 1. The van der Waals surface area contributed by atoms with E-state index in [1.54, 1.807) is 48.5 Å². The Labute approximate surface area is 211 Å². The summed E-state index contributed by atoms with van der Waals surface area (Å²) >= 11 is 0. The average molecular weight is 496 g/mol. The molecule has 0 heterocycles. The number of hydrogen-bond donors (Lipinski definition) is 4. The zero-order valence-electron chi connectivity index (χ0n) is 19.2. The molecule has 0 aliphatic rings. The van der Waals surface area contributed by atoms with Gasteiger partial charge in [-0.3, -0.25) is 9.59 Å². The van der Waals surface area contributed by atoms with E-state index in [1.165, 1.54) is 48.5 Å². The summed E-state index contributed by atoms with van der Waals surface area (Å²) in [5.41, 5.74) is 0.965. The number of amides is 2. The first kappa shape index (κ1) is 24.7. The third-order valence-electron chi connectivity index (χ3n) is 5.28. The molecular weight excluding hydrogens is 476 g/mol. The Bertz CT molecular complexity index is 1370. The van der Waals surface area contributed by atoms with Gasteiger partial charge >= 0.3 is 11.9 Å². The summed E-state index contributed by atoms with van der Waals surface area (Å²) in [5.74, 6) is -2.35. The highest BCUT2D eigenvalue weighted by molar-refractivity contribution is 6.08. The fraction of sp³-hybridized carbons (Fsp3) is 0. The average Bonchev–Trinajstić information content (AvgIpc) is 2.90. The van der Waals surface area contributed by atoms with Crippen LogP contribution in [0.25, 0.3) is 0 Å². The van der Waals surface area contributed by atoms with Crippen molar-refractivity contribution in [3.8, 4) is 11.5 Å². The number of aromatic carboxylic acids is 2. The summed E-state index contributed by atoms with van der Waals surface area (Å²) in [7, 11) is 0. The first-order valence-corrected chi connectivity index (χ1v) is 11.0. The van der Waals surface area contributed by atoms with E-state index in [4.69, 9.17) is 4.74 Å². The van der Waals surface area contributed by atoms with Crippen LogP contribution in [-0.4, -0.2) is 34.0 Å². The molecule has 0 saturated carbocycles. The molecule has 0 spiro atoms. The Balaban J connectivity index is 1.39. The molecule has 0 radical (unpaired) electrons. The van der Waals surface area contributed by atoms with Crippen molar-refractivity contribution in [2.24, 2.45) is 0 Å². The second-order valence-corrected chi connectivity index (χ2v) is 7.76. The van der Waals surface area contributed by atoms with Gasteiger partial charge in [0.15, 0.2) is 0 Å². The molecule has 9 nitrogen and oxygen atoms in total. The van der Waals surface area contributed by atoms with Gasteiger partial charge in [0.2, 0.25) is 0 Å². The molecule has 184 valence electrons. The van der Waals surface area contributed by atoms with Crippen LogP contribution < -0.4 is 15.4 Å². The molecule has 0 saturated heterocycles. The van der Waals surface area contributed by atoms with Gasteiger partial charge in [-0.2, -0.15) is 0 Å². The van der Waals surface area contributed by atoms with E-state index in [2.05, 4.69) is 10.6 Å². The summed E-state index contributed by atoms with van der Waals surface area (Å²) in [4.78, 5) is 47.7. The van der Waals surface area contributed by atoms with Crippen LogP contribution >= 0.6 is 0 Å². The highest BCUT2D eigenvalue weighted by Gasteiger charge is 2.14. The molecule has 4 aromatic carbocycles. The van der Waals surface area contributed by atoms with Crippen LogP contribution in [0.3, 0.4) is 0 Å². The normalized spacial score (nSPS) is 10.3. The van der Waals surface area contributed by atoms with Crippen LogP contribution in [0.15, 0.2) is 97.1 Å². The van der Waals surface area contributed by atoms with E-state index in [1.807, 2.05) is 0 Å². The van der Waals surface area contributed by atoms with Crippen LogP contribution in [-0.2, 0) is 0 Å². The number of rotatable bonds is 8. The molecule has 4 aromatic rings. The zero-order valence-corrected chi connectivity index (χ0v) is 19.2. The van der Waals surface area contributed by atoms with Gasteiger partial charge < -0.3 is 25.6 Å². The van der Waals surface area contributed by atoms with Crippen LogP contribution in [0, 0.1) is 0 Å². The number of anilines is 2. The van der Waals surface area contributed by atoms with Crippen LogP contribution in [0.4, 0.5) is 11.4 Å².